The third-order valence-corrected chi connectivity index (χ3v) is 5.84. The quantitative estimate of drug-likeness (QED) is 0.551. The van der Waals surface area contributed by atoms with E-state index in [1.807, 2.05) is 36.5 Å². The normalized spacial score (nSPS) is 18.9. The fraction of sp³-hybridized carbons (Fsp3) is 0.250. The molecule has 0 radical (unpaired) electrons. The maximum Gasteiger partial charge on any atom is 0.267 e. The highest BCUT2D eigenvalue weighted by Gasteiger charge is 2.24. The molecule has 0 spiro atoms. The van der Waals surface area contributed by atoms with E-state index in [1.54, 1.807) is 29.2 Å². The second kappa shape index (κ2) is 8.06. The monoisotopic (exact) mass is 397 g/mol. The third-order valence-electron chi connectivity index (χ3n) is 5.84. The number of nitrogens with one attached hydrogen (secondary N) is 1. The molecule has 1 saturated carbocycles. The van der Waals surface area contributed by atoms with Crippen LogP contribution in [0.25, 0.3) is 22.0 Å². The van der Waals surface area contributed by atoms with E-state index in [9.17, 15) is 4.79 Å². The predicted octanol–water partition coefficient (Wildman–Crippen LogP) is 4.45. The molecule has 1 fully saturated rings. The molecular formula is C24H23N5O. The molecule has 5 rings (SSSR count). The lowest BCUT2D eigenvalue weighted by molar-refractivity contribution is 0.304. The number of nitrogens with zero attached hydrogens (tertiary/aromatic N) is 4. The van der Waals surface area contributed by atoms with Crippen molar-refractivity contribution in [1.82, 2.24) is 19.7 Å². The summed E-state index contributed by atoms with van der Waals surface area (Å²) in [6.45, 7) is 0. The fourth-order valence-electron chi connectivity index (χ4n) is 4.25. The molecule has 1 N–H and O–H groups in total. The Hall–Kier alpha value is -3.54. The van der Waals surface area contributed by atoms with Gasteiger partial charge in [0.1, 0.15) is 5.82 Å². The molecule has 0 unspecified atom stereocenters. The average molecular weight is 397 g/mol. The Labute approximate surface area is 174 Å². The van der Waals surface area contributed by atoms with E-state index in [4.69, 9.17) is 0 Å². The van der Waals surface area contributed by atoms with Gasteiger partial charge in [0.15, 0.2) is 0 Å². The molecule has 4 aromatic rings. The van der Waals surface area contributed by atoms with Gasteiger partial charge in [-0.2, -0.15) is 5.10 Å². The summed E-state index contributed by atoms with van der Waals surface area (Å²) in [6.07, 6.45) is 9.12. The average Bonchev–Trinajstić information content (AvgIpc) is 2.81. The van der Waals surface area contributed by atoms with Crippen LogP contribution < -0.4 is 10.9 Å². The van der Waals surface area contributed by atoms with E-state index in [1.165, 1.54) is 5.39 Å². The van der Waals surface area contributed by atoms with Gasteiger partial charge in [0.25, 0.3) is 5.56 Å². The van der Waals surface area contributed by atoms with E-state index >= 15 is 0 Å². The van der Waals surface area contributed by atoms with Crippen molar-refractivity contribution in [3.63, 3.8) is 0 Å². The molecule has 0 aliphatic heterocycles. The summed E-state index contributed by atoms with van der Waals surface area (Å²) in [6, 6.07) is 18.0. The first-order chi connectivity index (χ1) is 14.8. The Morgan fingerprint density at radius 1 is 0.900 bits per heavy atom. The number of rotatable bonds is 4. The van der Waals surface area contributed by atoms with Crippen LogP contribution in [0.15, 0.2) is 78.0 Å². The topological polar surface area (TPSA) is 72.7 Å². The summed E-state index contributed by atoms with van der Waals surface area (Å²) in [5.41, 5.74) is 1.65. The first-order valence-electron chi connectivity index (χ1n) is 10.4. The van der Waals surface area contributed by atoms with Gasteiger partial charge < -0.3 is 5.32 Å². The number of benzene rings is 1. The lowest BCUT2D eigenvalue weighted by Gasteiger charge is -2.30. The molecule has 30 heavy (non-hydrogen) atoms. The molecule has 6 nitrogen and oxygen atoms in total. The smallest absolute Gasteiger partial charge is 0.267 e. The number of hydrogen-bond donors (Lipinski definition) is 1. The van der Waals surface area contributed by atoms with Gasteiger partial charge in [-0.05, 0) is 55.3 Å². The van der Waals surface area contributed by atoms with E-state index in [0.29, 0.717) is 6.04 Å². The van der Waals surface area contributed by atoms with Crippen molar-refractivity contribution >= 4 is 16.6 Å². The minimum atomic E-state index is -0.0465. The highest BCUT2D eigenvalue weighted by Crippen LogP contribution is 2.30. The van der Waals surface area contributed by atoms with Gasteiger partial charge in [-0.3, -0.25) is 9.78 Å². The van der Waals surface area contributed by atoms with Crippen LogP contribution in [0.3, 0.4) is 0 Å². The molecule has 0 bridgehead atoms. The van der Waals surface area contributed by atoms with Gasteiger partial charge >= 0.3 is 0 Å². The molecule has 0 atom stereocenters. The van der Waals surface area contributed by atoms with Gasteiger partial charge in [-0.15, -0.1) is 0 Å². The summed E-state index contributed by atoms with van der Waals surface area (Å²) in [5, 5.41) is 10.6. The molecule has 1 aliphatic carbocycles. The largest absolute Gasteiger partial charge is 0.367 e. The van der Waals surface area contributed by atoms with Gasteiger partial charge in [-0.25, -0.2) is 9.67 Å². The minimum Gasteiger partial charge on any atom is -0.367 e. The maximum absolute atomic E-state index is 12.5. The molecular weight excluding hydrogens is 374 g/mol. The number of hydrogen-bond acceptors (Lipinski definition) is 5. The highest BCUT2D eigenvalue weighted by atomic mass is 16.1. The second-order valence-electron chi connectivity index (χ2n) is 7.77. The zero-order chi connectivity index (χ0) is 20.3. The van der Waals surface area contributed by atoms with Crippen molar-refractivity contribution in [3.8, 4) is 11.3 Å². The maximum atomic E-state index is 12.5. The molecule has 1 aromatic carbocycles. The summed E-state index contributed by atoms with van der Waals surface area (Å²) in [7, 11) is 0. The Morgan fingerprint density at radius 3 is 2.60 bits per heavy atom. The van der Waals surface area contributed by atoms with E-state index in [-0.39, 0.29) is 11.6 Å². The van der Waals surface area contributed by atoms with Crippen LogP contribution in [-0.2, 0) is 0 Å². The van der Waals surface area contributed by atoms with Crippen molar-refractivity contribution in [1.29, 1.82) is 0 Å². The Morgan fingerprint density at radius 2 is 1.77 bits per heavy atom. The van der Waals surface area contributed by atoms with Gasteiger partial charge in [0.2, 0.25) is 0 Å². The summed E-state index contributed by atoms with van der Waals surface area (Å²) < 4.78 is 1.66. The standard InChI is InChI=1S/C24H23N5O/c30-23-12-11-22(18-5-3-14-25-16-18)28-29(23)20-9-7-19(8-10-20)27-24-21-6-2-1-4-17(21)13-15-26-24/h1-6,11-16,19-20H,7-10H2,(H,26,27). The van der Waals surface area contributed by atoms with Gasteiger partial charge in [-0.1, -0.05) is 24.3 Å². The second-order valence-corrected chi connectivity index (χ2v) is 7.77. The molecule has 3 heterocycles. The Bertz CT molecular complexity index is 1210. The number of pyridine rings is 2. The first-order valence-corrected chi connectivity index (χ1v) is 10.4. The molecule has 0 saturated heterocycles. The van der Waals surface area contributed by atoms with Crippen LogP contribution in [0.2, 0.25) is 0 Å². The predicted molar refractivity (Wildman–Crippen MR) is 118 cm³/mol. The van der Waals surface area contributed by atoms with Crippen molar-refractivity contribution < 1.29 is 0 Å². The fourth-order valence-corrected chi connectivity index (χ4v) is 4.25. The van der Waals surface area contributed by atoms with Crippen molar-refractivity contribution in [2.24, 2.45) is 0 Å². The lowest BCUT2D eigenvalue weighted by Crippen LogP contribution is -2.33. The van der Waals surface area contributed by atoms with Crippen LogP contribution >= 0.6 is 0 Å². The Balaban J connectivity index is 1.31. The molecule has 3 aromatic heterocycles. The zero-order valence-electron chi connectivity index (χ0n) is 16.6. The SMILES string of the molecule is O=c1ccc(-c2cccnc2)nn1C1CCC(Nc2nccc3ccccc23)CC1. The van der Waals surface area contributed by atoms with Crippen LogP contribution in [-0.4, -0.2) is 25.8 Å². The van der Waals surface area contributed by atoms with Gasteiger partial charge in [0, 0.05) is 41.6 Å². The molecule has 150 valence electrons. The molecule has 0 amide bonds. The van der Waals surface area contributed by atoms with Crippen molar-refractivity contribution in [2.75, 3.05) is 5.32 Å². The Kier molecular flexibility index (Phi) is 4.97. The van der Waals surface area contributed by atoms with E-state index < -0.39 is 0 Å². The molecule has 1 aliphatic rings. The first kappa shape index (κ1) is 18.5. The number of aromatic nitrogens is 4. The molecule has 6 heteroatoms. The van der Waals surface area contributed by atoms with Crippen LogP contribution in [0, 0.1) is 0 Å². The highest BCUT2D eigenvalue weighted by molar-refractivity contribution is 5.91. The van der Waals surface area contributed by atoms with Crippen LogP contribution in [0.5, 0.6) is 0 Å². The number of fused-ring (bicyclic) bond motifs is 1. The van der Waals surface area contributed by atoms with Crippen LogP contribution in [0.4, 0.5) is 5.82 Å². The van der Waals surface area contributed by atoms with Crippen molar-refractivity contribution in [3.05, 3.63) is 83.5 Å². The zero-order valence-corrected chi connectivity index (χ0v) is 16.6. The van der Waals surface area contributed by atoms with Crippen molar-refractivity contribution in [2.45, 2.75) is 37.8 Å². The third kappa shape index (κ3) is 3.68. The summed E-state index contributed by atoms with van der Waals surface area (Å²) in [5.74, 6) is 0.936. The minimum absolute atomic E-state index is 0.0465. The summed E-state index contributed by atoms with van der Waals surface area (Å²) >= 11 is 0. The lowest BCUT2D eigenvalue weighted by atomic mass is 9.91. The van der Waals surface area contributed by atoms with Gasteiger partial charge in [0.05, 0.1) is 11.7 Å². The van der Waals surface area contributed by atoms with E-state index in [0.717, 1.165) is 48.1 Å². The summed E-state index contributed by atoms with van der Waals surface area (Å²) in [4.78, 5) is 21.2. The number of anilines is 1. The van der Waals surface area contributed by atoms with Crippen LogP contribution in [0.1, 0.15) is 31.7 Å². The van der Waals surface area contributed by atoms with E-state index in [2.05, 4.69) is 32.5 Å².